The molecule has 54 heavy (non-hydrogen) atoms. The molecule has 0 heterocycles. The van der Waals surface area contributed by atoms with E-state index in [0.29, 0.717) is 11.1 Å². The maximum Gasteiger partial charge on any atom is 0.457 e. The maximum atomic E-state index is 15.0. The summed E-state index contributed by atoms with van der Waals surface area (Å²) in [4.78, 5) is 53.0. The van der Waals surface area contributed by atoms with Gasteiger partial charge in [0.05, 0.1) is 6.42 Å². The number of nitrogens with two attached hydrogens (primary N) is 1. The first-order valence-corrected chi connectivity index (χ1v) is 18.6. The van der Waals surface area contributed by atoms with Crippen LogP contribution < -0.4 is 30.7 Å². The standard InChI is InChI=1S/C39H44N5O9P/c1-26(42-36(47)32(24-33(45)51-39(2,3)4)43-38(48)50-25-27-14-8-5-9-15-27)35(46)44-37(29-22-20-28(21-23-29)34(40)41)54(49,52-30-16-10-6-11-17-30)53-31-18-12-7-13-19-31/h5-23,26,32,37H,24-25H2,1-4H3,(H3,40,41)(H,42,47)(H,43,48)(H,44,46)/t26-,32-,37?/m0/s1. The molecule has 3 atom stereocenters. The minimum absolute atomic E-state index is 0.1000. The van der Waals surface area contributed by atoms with Crippen LogP contribution in [0.1, 0.15) is 56.6 Å². The van der Waals surface area contributed by atoms with Crippen LogP contribution in [0.5, 0.6) is 11.5 Å². The number of amidine groups is 1. The molecule has 3 amide bonds. The van der Waals surface area contributed by atoms with Crippen molar-refractivity contribution in [2.75, 3.05) is 0 Å². The second-order valence-electron chi connectivity index (χ2n) is 13.1. The van der Waals surface area contributed by atoms with Crippen molar-refractivity contribution >= 4 is 37.3 Å². The Hall–Kier alpha value is -6.14. The summed E-state index contributed by atoms with van der Waals surface area (Å²) in [6, 6.07) is 28.6. The molecule has 4 aromatic rings. The zero-order valence-corrected chi connectivity index (χ0v) is 31.2. The molecular formula is C39H44N5O9P. The van der Waals surface area contributed by atoms with Gasteiger partial charge in [-0.3, -0.25) is 19.8 Å². The molecule has 284 valence electrons. The highest BCUT2D eigenvalue weighted by Crippen LogP contribution is 2.59. The van der Waals surface area contributed by atoms with Crippen LogP contribution in [0, 0.1) is 5.41 Å². The normalized spacial score (nSPS) is 12.9. The molecule has 0 fully saturated rings. The lowest BCUT2D eigenvalue weighted by Crippen LogP contribution is -2.54. The highest BCUT2D eigenvalue weighted by atomic mass is 31.2. The third kappa shape index (κ3) is 12.5. The van der Waals surface area contributed by atoms with E-state index < -0.39 is 61.4 Å². The van der Waals surface area contributed by atoms with Crippen molar-refractivity contribution in [2.45, 2.75) is 64.2 Å². The molecule has 0 aromatic heterocycles. The van der Waals surface area contributed by atoms with Crippen LogP contribution >= 0.6 is 7.60 Å². The minimum Gasteiger partial charge on any atom is -0.460 e. The number of nitrogens with one attached hydrogen (secondary N) is 4. The zero-order chi connectivity index (χ0) is 39.3. The van der Waals surface area contributed by atoms with Crippen molar-refractivity contribution in [1.82, 2.24) is 16.0 Å². The van der Waals surface area contributed by atoms with Gasteiger partial charge in [-0.15, -0.1) is 0 Å². The summed E-state index contributed by atoms with van der Waals surface area (Å²) in [5.74, 6) is -3.79. The average molecular weight is 758 g/mol. The third-order valence-corrected chi connectivity index (χ3v) is 9.44. The average Bonchev–Trinajstić information content (AvgIpc) is 3.13. The SMILES string of the molecule is C[C@H](NC(=O)[C@H](CC(=O)OC(C)(C)C)NC(=O)OCc1ccccc1)C(=O)NC(c1ccc(C(=N)N)cc1)P(=O)(Oc1ccccc1)Oc1ccccc1. The van der Waals surface area contributed by atoms with Crippen LogP contribution in [0.2, 0.25) is 0 Å². The summed E-state index contributed by atoms with van der Waals surface area (Å²) in [6.45, 7) is 6.22. The van der Waals surface area contributed by atoms with Crippen molar-refractivity contribution in [3.8, 4) is 11.5 Å². The molecule has 4 rings (SSSR count). The number of ether oxygens (including phenoxy) is 2. The minimum atomic E-state index is -4.44. The first kappa shape index (κ1) is 40.6. The van der Waals surface area contributed by atoms with Gasteiger partial charge in [-0.05, 0) is 63.1 Å². The van der Waals surface area contributed by atoms with Gasteiger partial charge in [0.25, 0.3) is 0 Å². The molecule has 0 saturated carbocycles. The second-order valence-corrected chi connectivity index (χ2v) is 15.0. The number of nitrogen functional groups attached to an aromatic ring is 1. The van der Waals surface area contributed by atoms with E-state index in [1.54, 1.807) is 112 Å². The zero-order valence-electron chi connectivity index (χ0n) is 30.3. The van der Waals surface area contributed by atoms with Crippen LogP contribution in [0.4, 0.5) is 4.79 Å². The summed E-state index contributed by atoms with van der Waals surface area (Å²) in [5, 5.41) is 15.4. The van der Waals surface area contributed by atoms with Crippen LogP contribution in [-0.4, -0.2) is 47.4 Å². The highest BCUT2D eigenvalue weighted by Gasteiger charge is 2.43. The number of para-hydroxylation sites is 2. The fourth-order valence-corrected chi connectivity index (χ4v) is 6.78. The van der Waals surface area contributed by atoms with Gasteiger partial charge in [-0.2, -0.15) is 0 Å². The van der Waals surface area contributed by atoms with Gasteiger partial charge in [0, 0.05) is 5.56 Å². The van der Waals surface area contributed by atoms with Gasteiger partial charge in [-0.1, -0.05) is 91.0 Å². The maximum absolute atomic E-state index is 15.0. The Bertz CT molecular complexity index is 1890. The fraction of sp³-hybridized carbons (Fsp3) is 0.256. The second kappa shape index (κ2) is 18.6. The molecule has 0 aliphatic carbocycles. The molecule has 0 bridgehead atoms. The lowest BCUT2D eigenvalue weighted by Gasteiger charge is -2.30. The Balaban J connectivity index is 1.60. The molecule has 0 radical (unpaired) electrons. The highest BCUT2D eigenvalue weighted by molar-refractivity contribution is 7.55. The number of carbonyl (C=O) groups excluding carboxylic acids is 4. The topological polar surface area (TPSA) is 208 Å². The number of hydrogen-bond acceptors (Lipinski definition) is 10. The Morgan fingerprint density at radius 2 is 1.26 bits per heavy atom. The van der Waals surface area contributed by atoms with Crippen molar-refractivity contribution < 1.29 is 42.3 Å². The molecule has 14 nitrogen and oxygen atoms in total. The predicted molar refractivity (Wildman–Crippen MR) is 202 cm³/mol. The van der Waals surface area contributed by atoms with E-state index in [4.69, 9.17) is 29.7 Å². The first-order valence-electron chi connectivity index (χ1n) is 16.9. The number of amides is 3. The Labute approximate surface area is 313 Å². The number of esters is 1. The van der Waals surface area contributed by atoms with Gasteiger partial charge < -0.3 is 40.2 Å². The van der Waals surface area contributed by atoms with Crippen LogP contribution in [0.3, 0.4) is 0 Å². The summed E-state index contributed by atoms with van der Waals surface area (Å²) in [5.41, 5.74) is 6.12. The molecule has 1 unspecified atom stereocenters. The molecule has 0 saturated heterocycles. The number of hydrogen-bond donors (Lipinski definition) is 5. The lowest BCUT2D eigenvalue weighted by atomic mass is 10.1. The van der Waals surface area contributed by atoms with Gasteiger partial charge in [0.2, 0.25) is 11.8 Å². The summed E-state index contributed by atoms with van der Waals surface area (Å²) in [6.07, 6.45) is -1.56. The summed E-state index contributed by atoms with van der Waals surface area (Å²) >= 11 is 0. The van der Waals surface area contributed by atoms with E-state index in [1.807, 2.05) is 0 Å². The third-order valence-electron chi connectivity index (χ3n) is 7.45. The van der Waals surface area contributed by atoms with E-state index >= 15 is 0 Å². The molecule has 15 heteroatoms. The van der Waals surface area contributed by atoms with Crippen molar-refractivity contribution in [3.63, 3.8) is 0 Å². The fourth-order valence-electron chi connectivity index (χ4n) is 4.88. The van der Waals surface area contributed by atoms with E-state index in [2.05, 4.69) is 16.0 Å². The van der Waals surface area contributed by atoms with E-state index in [0.717, 1.165) is 0 Å². The number of rotatable bonds is 16. The van der Waals surface area contributed by atoms with E-state index in [1.165, 1.54) is 31.2 Å². The van der Waals surface area contributed by atoms with Crippen molar-refractivity contribution in [1.29, 1.82) is 5.41 Å². The summed E-state index contributed by atoms with van der Waals surface area (Å²) in [7, 11) is -4.44. The molecule has 0 spiro atoms. The monoisotopic (exact) mass is 757 g/mol. The predicted octanol–water partition coefficient (Wildman–Crippen LogP) is 5.97. The van der Waals surface area contributed by atoms with Gasteiger partial charge in [-0.25, -0.2) is 9.36 Å². The van der Waals surface area contributed by atoms with Gasteiger partial charge >= 0.3 is 19.7 Å². The van der Waals surface area contributed by atoms with Gasteiger partial charge in [0.15, 0.2) is 5.78 Å². The van der Waals surface area contributed by atoms with Crippen LogP contribution in [0.15, 0.2) is 115 Å². The van der Waals surface area contributed by atoms with Crippen LogP contribution in [-0.2, 0) is 35.0 Å². The van der Waals surface area contributed by atoms with Gasteiger partial charge in [0.1, 0.15) is 41.6 Å². The smallest absolute Gasteiger partial charge is 0.457 e. The Morgan fingerprint density at radius 3 is 1.76 bits per heavy atom. The Kier molecular flexibility index (Phi) is 14.0. The lowest BCUT2D eigenvalue weighted by molar-refractivity contribution is -0.156. The number of carbonyl (C=O) groups is 4. The largest absolute Gasteiger partial charge is 0.460 e. The number of benzene rings is 4. The van der Waals surface area contributed by atoms with E-state index in [-0.39, 0.29) is 29.5 Å². The van der Waals surface area contributed by atoms with Crippen molar-refractivity contribution in [2.24, 2.45) is 5.73 Å². The molecule has 4 aromatic carbocycles. The summed E-state index contributed by atoms with van der Waals surface area (Å²) < 4.78 is 37.7. The molecule has 0 aliphatic heterocycles. The number of alkyl carbamates (subject to hydrolysis) is 1. The van der Waals surface area contributed by atoms with Crippen LogP contribution in [0.25, 0.3) is 0 Å². The van der Waals surface area contributed by atoms with E-state index in [9.17, 15) is 23.7 Å². The molecule has 0 aliphatic rings. The van der Waals surface area contributed by atoms with Crippen molar-refractivity contribution in [3.05, 3.63) is 132 Å². The molecular weight excluding hydrogens is 713 g/mol. The molecule has 6 N–H and O–H groups in total. The Morgan fingerprint density at radius 1 is 0.741 bits per heavy atom. The quantitative estimate of drug-likeness (QED) is 0.0392. The first-order chi connectivity index (χ1) is 25.6.